The Hall–Kier alpha value is -3.06. The number of ether oxygens (including phenoxy) is 1. The predicted molar refractivity (Wildman–Crippen MR) is 101 cm³/mol. The molecule has 0 atom stereocenters. The molecule has 1 aliphatic rings. The van der Waals surface area contributed by atoms with Crippen molar-refractivity contribution in [3.63, 3.8) is 0 Å². The number of carbonyl (C=O) groups is 1. The van der Waals surface area contributed by atoms with Crippen LogP contribution in [0.5, 0.6) is 0 Å². The molecule has 1 aliphatic carbocycles. The molecule has 4 nitrogen and oxygen atoms in total. The summed E-state index contributed by atoms with van der Waals surface area (Å²) < 4.78 is 6.81. The SMILES string of the molecule is CC#Cc1ccc(C(=O)OC)c2c1cnn2Cc1ccc(C2CC2)cc1. The molecule has 1 saturated carbocycles. The predicted octanol–water partition coefficient (Wildman–Crippen LogP) is 4.12. The molecule has 2 aromatic carbocycles. The third kappa shape index (κ3) is 2.97. The van der Waals surface area contributed by atoms with Gasteiger partial charge in [0, 0.05) is 10.9 Å². The maximum Gasteiger partial charge on any atom is 0.340 e. The molecule has 0 spiro atoms. The van der Waals surface area contributed by atoms with Crippen LogP contribution in [0, 0.1) is 11.8 Å². The maximum absolute atomic E-state index is 12.2. The van der Waals surface area contributed by atoms with Gasteiger partial charge in [-0.2, -0.15) is 5.10 Å². The van der Waals surface area contributed by atoms with Crippen LogP contribution in [0.3, 0.4) is 0 Å². The van der Waals surface area contributed by atoms with E-state index in [0.717, 1.165) is 27.9 Å². The Morgan fingerprint density at radius 2 is 2.00 bits per heavy atom. The molecule has 1 heterocycles. The summed E-state index contributed by atoms with van der Waals surface area (Å²) in [5, 5.41) is 5.39. The number of esters is 1. The highest BCUT2D eigenvalue weighted by Gasteiger charge is 2.23. The molecule has 0 N–H and O–H groups in total. The maximum atomic E-state index is 12.2. The molecule has 0 radical (unpaired) electrons. The first-order chi connectivity index (χ1) is 12.7. The first kappa shape index (κ1) is 16.4. The molecule has 4 heteroatoms. The third-order valence-electron chi connectivity index (χ3n) is 4.83. The fraction of sp³-hybridized carbons (Fsp3) is 0.273. The van der Waals surface area contributed by atoms with Gasteiger partial charge >= 0.3 is 5.97 Å². The quantitative estimate of drug-likeness (QED) is 0.528. The van der Waals surface area contributed by atoms with Crippen LogP contribution in [0.25, 0.3) is 10.9 Å². The summed E-state index contributed by atoms with van der Waals surface area (Å²) in [5.41, 5.74) is 4.71. The van der Waals surface area contributed by atoms with Gasteiger partial charge in [-0.3, -0.25) is 4.68 Å². The van der Waals surface area contributed by atoms with E-state index in [0.29, 0.717) is 12.1 Å². The largest absolute Gasteiger partial charge is 0.465 e. The highest BCUT2D eigenvalue weighted by atomic mass is 16.5. The van der Waals surface area contributed by atoms with Gasteiger partial charge in [-0.25, -0.2) is 4.79 Å². The molecular weight excluding hydrogens is 324 g/mol. The first-order valence-electron chi connectivity index (χ1n) is 8.79. The molecule has 3 aromatic rings. The van der Waals surface area contributed by atoms with Crippen molar-refractivity contribution in [1.82, 2.24) is 9.78 Å². The van der Waals surface area contributed by atoms with E-state index in [-0.39, 0.29) is 5.97 Å². The van der Waals surface area contributed by atoms with Crippen molar-refractivity contribution in [3.8, 4) is 11.8 Å². The minimum absolute atomic E-state index is 0.364. The van der Waals surface area contributed by atoms with E-state index >= 15 is 0 Å². The number of hydrogen-bond donors (Lipinski definition) is 0. The summed E-state index contributed by atoms with van der Waals surface area (Å²) in [6.07, 6.45) is 4.37. The molecule has 0 aliphatic heterocycles. The lowest BCUT2D eigenvalue weighted by Gasteiger charge is -2.09. The second-order valence-corrected chi connectivity index (χ2v) is 6.61. The van der Waals surface area contributed by atoms with E-state index in [2.05, 4.69) is 41.2 Å². The van der Waals surface area contributed by atoms with Gasteiger partial charge in [0.15, 0.2) is 0 Å². The van der Waals surface area contributed by atoms with Gasteiger partial charge in [-0.15, -0.1) is 5.92 Å². The van der Waals surface area contributed by atoms with Crippen LogP contribution in [-0.2, 0) is 11.3 Å². The van der Waals surface area contributed by atoms with Crippen molar-refractivity contribution < 1.29 is 9.53 Å². The van der Waals surface area contributed by atoms with E-state index in [4.69, 9.17) is 4.74 Å². The van der Waals surface area contributed by atoms with Gasteiger partial charge in [0.05, 0.1) is 30.9 Å². The molecule has 0 bridgehead atoms. The topological polar surface area (TPSA) is 44.1 Å². The van der Waals surface area contributed by atoms with Crippen LogP contribution < -0.4 is 0 Å². The minimum Gasteiger partial charge on any atom is -0.465 e. The van der Waals surface area contributed by atoms with Crippen LogP contribution in [-0.4, -0.2) is 22.9 Å². The number of aromatic nitrogens is 2. The average molecular weight is 344 g/mol. The molecule has 0 saturated heterocycles. The number of hydrogen-bond acceptors (Lipinski definition) is 3. The van der Waals surface area contributed by atoms with Gasteiger partial charge in [0.25, 0.3) is 0 Å². The van der Waals surface area contributed by atoms with E-state index in [1.807, 2.05) is 10.7 Å². The summed E-state index contributed by atoms with van der Waals surface area (Å²) in [4.78, 5) is 12.2. The van der Waals surface area contributed by atoms with Gasteiger partial charge < -0.3 is 4.74 Å². The second-order valence-electron chi connectivity index (χ2n) is 6.61. The molecule has 1 aromatic heterocycles. The molecule has 4 rings (SSSR count). The van der Waals surface area contributed by atoms with Gasteiger partial charge in [0.1, 0.15) is 0 Å². The zero-order valence-corrected chi connectivity index (χ0v) is 15.0. The first-order valence-corrected chi connectivity index (χ1v) is 8.79. The average Bonchev–Trinajstić information content (AvgIpc) is 3.44. The highest BCUT2D eigenvalue weighted by Crippen LogP contribution is 2.39. The highest BCUT2D eigenvalue weighted by molar-refractivity contribution is 6.04. The molecular formula is C22H20N2O2. The fourth-order valence-electron chi connectivity index (χ4n) is 3.32. The van der Waals surface area contributed by atoms with Crippen molar-refractivity contribution in [2.75, 3.05) is 7.11 Å². The summed E-state index contributed by atoms with van der Waals surface area (Å²) in [7, 11) is 1.39. The monoisotopic (exact) mass is 344 g/mol. The molecule has 130 valence electrons. The van der Waals surface area contributed by atoms with Gasteiger partial charge in [-0.1, -0.05) is 30.2 Å². The third-order valence-corrected chi connectivity index (χ3v) is 4.83. The van der Waals surface area contributed by atoms with E-state index < -0.39 is 0 Å². The number of rotatable bonds is 4. The number of nitrogens with zero attached hydrogens (tertiary/aromatic N) is 2. The van der Waals surface area contributed by atoms with E-state index in [1.54, 1.807) is 19.2 Å². The lowest BCUT2D eigenvalue weighted by atomic mass is 10.1. The Labute approximate surface area is 152 Å². The Balaban J connectivity index is 1.76. The fourth-order valence-corrected chi connectivity index (χ4v) is 3.32. The number of carbonyl (C=O) groups excluding carboxylic acids is 1. The van der Waals surface area contributed by atoms with Crippen molar-refractivity contribution in [1.29, 1.82) is 0 Å². The normalized spacial score (nSPS) is 13.3. The Kier molecular flexibility index (Phi) is 4.22. The summed E-state index contributed by atoms with van der Waals surface area (Å²) in [6.45, 7) is 2.40. The van der Waals surface area contributed by atoms with Crippen molar-refractivity contribution in [2.24, 2.45) is 0 Å². The summed E-state index contributed by atoms with van der Waals surface area (Å²) >= 11 is 0. The van der Waals surface area contributed by atoms with E-state index in [9.17, 15) is 4.79 Å². The lowest BCUT2D eigenvalue weighted by Crippen LogP contribution is -2.08. The van der Waals surface area contributed by atoms with Crippen LogP contribution in [0.1, 0.15) is 52.7 Å². The zero-order chi connectivity index (χ0) is 18.1. The number of methoxy groups -OCH3 is 1. The second kappa shape index (κ2) is 6.68. The molecule has 0 amide bonds. The van der Waals surface area contributed by atoms with Crippen LogP contribution >= 0.6 is 0 Å². The lowest BCUT2D eigenvalue weighted by molar-refractivity contribution is 0.0602. The van der Waals surface area contributed by atoms with Crippen LogP contribution in [0.4, 0.5) is 0 Å². The van der Waals surface area contributed by atoms with E-state index in [1.165, 1.54) is 25.5 Å². The minimum atomic E-state index is -0.364. The van der Waals surface area contributed by atoms with Crippen molar-refractivity contribution in [3.05, 3.63) is 64.8 Å². The summed E-state index contributed by atoms with van der Waals surface area (Å²) in [6, 6.07) is 12.3. The Bertz CT molecular complexity index is 1030. The van der Waals surface area contributed by atoms with Crippen LogP contribution in [0.15, 0.2) is 42.6 Å². The van der Waals surface area contributed by atoms with Gasteiger partial charge in [-0.05, 0) is 48.9 Å². The molecule has 26 heavy (non-hydrogen) atoms. The smallest absolute Gasteiger partial charge is 0.340 e. The number of benzene rings is 2. The Morgan fingerprint density at radius 3 is 2.65 bits per heavy atom. The van der Waals surface area contributed by atoms with Gasteiger partial charge in [0.2, 0.25) is 0 Å². The summed E-state index contributed by atoms with van der Waals surface area (Å²) in [5.74, 6) is 6.38. The Morgan fingerprint density at radius 1 is 1.23 bits per heavy atom. The standard InChI is InChI=1S/C22H20N2O2/c1-3-4-18-11-12-19(22(25)26-2)21-20(18)13-23-24(21)14-15-5-7-16(8-6-15)17-9-10-17/h5-8,11-13,17H,9-10,14H2,1-2H3. The van der Waals surface area contributed by atoms with Crippen LogP contribution in [0.2, 0.25) is 0 Å². The molecule has 0 unspecified atom stereocenters. The molecule has 1 fully saturated rings. The number of fused-ring (bicyclic) bond motifs is 1. The van der Waals surface area contributed by atoms with Crippen molar-refractivity contribution >= 4 is 16.9 Å². The zero-order valence-electron chi connectivity index (χ0n) is 15.0. The van der Waals surface area contributed by atoms with Crippen molar-refractivity contribution in [2.45, 2.75) is 32.2 Å².